The molecule has 1 aromatic heterocycles. The third-order valence-electron chi connectivity index (χ3n) is 3.32. The monoisotopic (exact) mass is 256 g/mol. The van der Waals surface area contributed by atoms with Gasteiger partial charge in [-0.15, -0.1) is 0 Å². The number of amides is 1. The van der Waals surface area contributed by atoms with Gasteiger partial charge < -0.3 is 15.2 Å². The van der Waals surface area contributed by atoms with Crippen molar-refractivity contribution in [3.63, 3.8) is 0 Å². The molecule has 1 fully saturated rings. The maximum Gasteiger partial charge on any atom is 0.241 e. The first-order chi connectivity index (χ1) is 9.34. The summed E-state index contributed by atoms with van der Waals surface area (Å²) in [5, 5.41) is 6.19. The number of hydrogen-bond acceptors (Lipinski definition) is 3. The molecule has 0 saturated carbocycles. The molecule has 2 N–H and O–H groups in total. The fraction of sp³-hybridized carbons (Fsp3) is 0.286. The molecular weight excluding hydrogens is 240 g/mol. The SMILES string of the molecule is O=C(Nc1ccccc1-n1ccnc1)[C@H]1CCCN1. The first-order valence-electron chi connectivity index (χ1n) is 6.46. The number of carbonyl (C=O) groups is 1. The zero-order chi connectivity index (χ0) is 13.1. The summed E-state index contributed by atoms with van der Waals surface area (Å²) in [6.45, 7) is 0.918. The van der Waals surface area contributed by atoms with Crippen molar-refractivity contribution in [2.24, 2.45) is 0 Å². The molecule has 1 amide bonds. The molecule has 2 aromatic rings. The summed E-state index contributed by atoms with van der Waals surface area (Å²) in [6, 6.07) is 7.65. The minimum atomic E-state index is -0.0733. The lowest BCUT2D eigenvalue weighted by Gasteiger charge is -2.14. The summed E-state index contributed by atoms with van der Waals surface area (Å²) in [5.41, 5.74) is 1.73. The van der Waals surface area contributed by atoms with Crippen molar-refractivity contribution in [1.82, 2.24) is 14.9 Å². The Morgan fingerprint density at radius 1 is 1.42 bits per heavy atom. The summed E-state index contributed by atoms with van der Waals surface area (Å²) < 4.78 is 1.89. The maximum absolute atomic E-state index is 12.1. The molecule has 3 rings (SSSR count). The summed E-state index contributed by atoms with van der Waals surface area (Å²) in [4.78, 5) is 16.2. The van der Waals surface area contributed by atoms with Crippen molar-refractivity contribution >= 4 is 11.6 Å². The number of carbonyl (C=O) groups excluding carboxylic acids is 1. The van der Waals surface area contributed by atoms with Crippen LogP contribution in [0.4, 0.5) is 5.69 Å². The zero-order valence-corrected chi connectivity index (χ0v) is 10.5. The average molecular weight is 256 g/mol. The van der Waals surface area contributed by atoms with Gasteiger partial charge >= 0.3 is 0 Å². The summed E-state index contributed by atoms with van der Waals surface area (Å²) in [6.07, 6.45) is 7.26. The highest BCUT2D eigenvalue weighted by molar-refractivity contribution is 5.96. The molecule has 0 radical (unpaired) electrons. The maximum atomic E-state index is 12.1. The highest BCUT2D eigenvalue weighted by atomic mass is 16.2. The van der Waals surface area contributed by atoms with E-state index >= 15 is 0 Å². The number of imidazole rings is 1. The molecule has 1 aliphatic rings. The van der Waals surface area contributed by atoms with Crippen molar-refractivity contribution in [2.45, 2.75) is 18.9 Å². The Kier molecular flexibility index (Phi) is 3.29. The molecule has 0 spiro atoms. The summed E-state index contributed by atoms with van der Waals surface area (Å²) >= 11 is 0. The zero-order valence-electron chi connectivity index (χ0n) is 10.5. The van der Waals surface area contributed by atoms with E-state index in [-0.39, 0.29) is 11.9 Å². The predicted molar refractivity (Wildman–Crippen MR) is 73.2 cm³/mol. The van der Waals surface area contributed by atoms with Gasteiger partial charge in [-0.1, -0.05) is 12.1 Å². The lowest BCUT2D eigenvalue weighted by atomic mass is 10.2. The van der Waals surface area contributed by atoms with E-state index in [0.717, 1.165) is 30.8 Å². The Labute approximate surface area is 111 Å². The van der Waals surface area contributed by atoms with Crippen LogP contribution < -0.4 is 10.6 Å². The van der Waals surface area contributed by atoms with Gasteiger partial charge in [0, 0.05) is 12.4 Å². The number of para-hydroxylation sites is 2. The third-order valence-corrected chi connectivity index (χ3v) is 3.32. The smallest absolute Gasteiger partial charge is 0.241 e. The van der Waals surface area contributed by atoms with Crippen LogP contribution in [0, 0.1) is 0 Å². The van der Waals surface area contributed by atoms with Gasteiger partial charge in [-0.2, -0.15) is 0 Å². The van der Waals surface area contributed by atoms with Crippen LogP contribution in [0.3, 0.4) is 0 Å². The highest BCUT2D eigenvalue weighted by Gasteiger charge is 2.22. The van der Waals surface area contributed by atoms with Gasteiger partial charge in [0.2, 0.25) is 5.91 Å². The Morgan fingerprint density at radius 2 is 2.32 bits per heavy atom. The van der Waals surface area contributed by atoms with Crippen molar-refractivity contribution < 1.29 is 4.79 Å². The average Bonchev–Trinajstić information content (AvgIpc) is 3.13. The molecule has 19 heavy (non-hydrogen) atoms. The molecule has 1 atom stereocenters. The van der Waals surface area contributed by atoms with Crippen LogP contribution in [0.2, 0.25) is 0 Å². The van der Waals surface area contributed by atoms with Crippen LogP contribution in [0.1, 0.15) is 12.8 Å². The molecule has 0 aliphatic carbocycles. The molecule has 2 heterocycles. The van der Waals surface area contributed by atoms with Crippen LogP contribution in [-0.4, -0.2) is 28.0 Å². The van der Waals surface area contributed by atoms with Gasteiger partial charge in [0.15, 0.2) is 0 Å². The Bertz CT molecular complexity index is 559. The second-order valence-corrected chi connectivity index (χ2v) is 4.63. The normalized spacial score (nSPS) is 18.4. The number of hydrogen-bond donors (Lipinski definition) is 2. The minimum Gasteiger partial charge on any atom is -0.323 e. The van der Waals surface area contributed by atoms with Crippen molar-refractivity contribution in [2.75, 3.05) is 11.9 Å². The van der Waals surface area contributed by atoms with Crippen LogP contribution in [0.25, 0.3) is 5.69 Å². The molecule has 1 aromatic carbocycles. The number of benzene rings is 1. The number of rotatable bonds is 3. The largest absolute Gasteiger partial charge is 0.323 e. The van der Waals surface area contributed by atoms with Crippen molar-refractivity contribution in [3.8, 4) is 5.69 Å². The first kappa shape index (κ1) is 11.9. The van der Waals surface area contributed by atoms with Crippen LogP contribution in [0.15, 0.2) is 43.0 Å². The number of nitrogens with zero attached hydrogens (tertiary/aromatic N) is 2. The van der Waals surface area contributed by atoms with Crippen LogP contribution in [0.5, 0.6) is 0 Å². The molecule has 98 valence electrons. The number of anilines is 1. The second-order valence-electron chi connectivity index (χ2n) is 4.63. The van der Waals surface area contributed by atoms with E-state index in [4.69, 9.17) is 0 Å². The van der Waals surface area contributed by atoms with Gasteiger partial charge in [0.25, 0.3) is 0 Å². The van der Waals surface area contributed by atoms with E-state index in [1.165, 1.54) is 0 Å². The van der Waals surface area contributed by atoms with E-state index in [0.29, 0.717) is 0 Å². The van der Waals surface area contributed by atoms with E-state index in [9.17, 15) is 4.79 Å². The fourth-order valence-electron chi connectivity index (χ4n) is 2.33. The molecule has 1 aliphatic heterocycles. The summed E-state index contributed by atoms with van der Waals surface area (Å²) in [7, 11) is 0. The molecule has 5 heteroatoms. The molecule has 5 nitrogen and oxygen atoms in total. The van der Waals surface area contributed by atoms with E-state index in [1.54, 1.807) is 12.5 Å². The Morgan fingerprint density at radius 3 is 3.05 bits per heavy atom. The molecule has 1 saturated heterocycles. The predicted octanol–water partition coefficient (Wildman–Crippen LogP) is 1.56. The number of nitrogens with one attached hydrogen (secondary N) is 2. The second kappa shape index (κ2) is 5.24. The number of aromatic nitrogens is 2. The van der Waals surface area contributed by atoms with Crippen LogP contribution in [-0.2, 0) is 4.79 Å². The fourth-order valence-corrected chi connectivity index (χ4v) is 2.33. The lowest BCUT2D eigenvalue weighted by Crippen LogP contribution is -2.35. The van der Waals surface area contributed by atoms with Crippen molar-refractivity contribution in [1.29, 1.82) is 0 Å². The van der Waals surface area contributed by atoms with Gasteiger partial charge in [0.05, 0.1) is 23.7 Å². The Balaban J connectivity index is 1.83. The lowest BCUT2D eigenvalue weighted by molar-refractivity contribution is -0.117. The van der Waals surface area contributed by atoms with Gasteiger partial charge in [-0.3, -0.25) is 4.79 Å². The topological polar surface area (TPSA) is 59.0 Å². The van der Waals surface area contributed by atoms with E-state index < -0.39 is 0 Å². The Hall–Kier alpha value is -2.14. The van der Waals surface area contributed by atoms with E-state index in [1.807, 2.05) is 35.0 Å². The minimum absolute atomic E-state index is 0.0325. The molecule has 0 bridgehead atoms. The van der Waals surface area contributed by atoms with Gasteiger partial charge in [-0.25, -0.2) is 4.98 Å². The summed E-state index contributed by atoms with van der Waals surface area (Å²) in [5.74, 6) is 0.0325. The standard InChI is InChI=1S/C14H16N4O/c19-14(12-5-3-7-16-12)17-11-4-1-2-6-13(11)18-9-8-15-10-18/h1-2,4,6,8-10,12,16H,3,5,7H2,(H,17,19)/t12-/m1/s1. The first-order valence-corrected chi connectivity index (χ1v) is 6.46. The van der Waals surface area contributed by atoms with Crippen molar-refractivity contribution in [3.05, 3.63) is 43.0 Å². The van der Waals surface area contributed by atoms with Gasteiger partial charge in [0.1, 0.15) is 0 Å². The molecular formula is C14H16N4O. The highest BCUT2D eigenvalue weighted by Crippen LogP contribution is 2.20. The van der Waals surface area contributed by atoms with Gasteiger partial charge in [-0.05, 0) is 31.5 Å². The van der Waals surface area contributed by atoms with E-state index in [2.05, 4.69) is 15.6 Å². The van der Waals surface area contributed by atoms with Crippen LogP contribution >= 0.6 is 0 Å². The third kappa shape index (κ3) is 2.51. The quantitative estimate of drug-likeness (QED) is 0.876. The molecule has 0 unspecified atom stereocenters.